The minimum atomic E-state index is -1.07. The Morgan fingerprint density at radius 2 is 2.00 bits per heavy atom. The molecule has 0 aromatic heterocycles. The number of hydrogen-bond acceptors (Lipinski definition) is 4. The highest BCUT2D eigenvalue weighted by Gasteiger charge is 2.24. The van der Waals surface area contributed by atoms with Crippen molar-refractivity contribution in [3.63, 3.8) is 0 Å². The van der Waals surface area contributed by atoms with Crippen LogP contribution in [0.2, 0.25) is 0 Å². The Kier molecular flexibility index (Phi) is 6.69. The van der Waals surface area contributed by atoms with Crippen molar-refractivity contribution in [1.82, 2.24) is 5.32 Å². The second kappa shape index (κ2) is 8.29. The molecule has 1 aromatic rings. The number of methoxy groups -OCH3 is 1. The van der Waals surface area contributed by atoms with Gasteiger partial charge in [0.05, 0.1) is 0 Å². The van der Waals surface area contributed by atoms with Gasteiger partial charge in [0, 0.05) is 13.7 Å². The highest BCUT2D eigenvalue weighted by Crippen LogP contribution is 2.06. The van der Waals surface area contributed by atoms with Gasteiger partial charge in [-0.3, -0.25) is 4.79 Å². The van der Waals surface area contributed by atoms with E-state index in [4.69, 9.17) is 15.6 Å². The molecule has 0 fully saturated rings. The van der Waals surface area contributed by atoms with Crippen LogP contribution in [-0.4, -0.2) is 42.8 Å². The van der Waals surface area contributed by atoms with Crippen LogP contribution in [0, 0.1) is 0 Å². The second-order valence-electron chi connectivity index (χ2n) is 4.38. The molecule has 1 unspecified atom stereocenters. The van der Waals surface area contributed by atoms with Crippen LogP contribution in [0.3, 0.4) is 0 Å². The number of carbonyl (C=O) groups is 2. The largest absolute Gasteiger partial charge is 0.480 e. The Bertz CT molecular complexity index is 432. The molecule has 4 N–H and O–H groups in total. The fourth-order valence-corrected chi connectivity index (χ4v) is 1.79. The second-order valence-corrected chi connectivity index (χ2v) is 4.38. The molecule has 0 aliphatic rings. The van der Waals surface area contributed by atoms with E-state index in [0.717, 1.165) is 5.56 Å². The van der Waals surface area contributed by atoms with E-state index in [1.165, 1.54) is 7.11 Å². The van der Waals surface area contributed by atoms with E-state index in [1.807, 2.05) is 30.3 Å². The number of ether oxygens (including phenoxy) is 1. The third-order valence-corrected chi connectivity index (χ3v) is 2.97. The first kappa shape index (κ1) is 16.1. The van der Waals surface area contributed by atoms with Crippen molar-refractivity contribution < 1.29 is 19.4 Å². The average molecular weight is 280 g/mol. The first-order valence-electron chi connectivity index (χ1n) is 6.38. The molecule has 0 heterocycles. The Hall–Kier alpha value is -1.92. The number of hydrogen-bond donors (Lipinski definition) is 3. The molecule has 6 heteroatoms. The molecule has 1 aromatic carbocycles. The van der Waals surface area contributed by atoms with Gasteiger partial charge in [-0.15, -0.1) is 0 Å². The smallest absolute Gasteiger partial charge is 0.326 e. The standard InChI is InChI=1S/C14H20N2O4/c1-20-12(9-15)13(17)16-11(14(18)19)8-7-10-5-3-2-4-6-10/h2-6,11-12H,7-9,15H2,1H3,(H,16,17)(H,18,19)/t11-,12?/m0/s1. The van der Waals surface area contributed by atoms with E-state index in [9.17, 15) is 9.59 Å². The number of carbonyl (C=O) groups excluding carboxylic acids is 1. The molecule has 0 radical (unpaired) electrons. The predicted molar refractivity (Wildman–Crippen MR) is 74.2 cm³/mol. The maximum Gasteiger partial charge on any atom is 0.326 e. The van der Waals surface area contributed by atoms with Gasteiger partial charge in [-0.2, -0.15) is 0 Å². The summed E-state index contributed by atoms with van der Waals surface area (Å²) in [4.78, 5) is 22.9. The van der Waals surface area contributed by atoms with E-state index in [1.54, 1.807) is 0 Å². The number of carboxylic acids is 1. The van der Waals surface area contributed by atoms with Gasteiger partial charge in [-0.05, 0) is 18.4 Å². The fourth-order valence-electron chi connectivity index (χ4n) is 1.79. The van der Waals surface area contributed by atoms with Gasteiger partial charge < -0.3 is 20.9 Å². The molecule has 0 saturated heterocycles. The van der Waals surface area contributed by atoms with Gasteiger partial charge in [-0.1, -0.05) is 30.3 Å². The summed E-state index contributed by atoms with van der Waals surface area (Å²) < 4.78 is 4.87. The number of rotatable bonds is 8. The highest BCUT2D eigenvalue weighted by atomic mass is 16.5. The molecule has 1 amide bonds. The lowest BCUT2D eigenvalue weighted by Gasteiger charge is -2.18. The third kappa shape index (κ3) is 4.99. The first-order valence-corrected chi connectivity index (χ1v) is 6.38. The van der Waals surface area contributed by atoms with Crippen LogP contribution in [0.5, 0.6) is 0 Å². The number of amides is 1. The fraction of sp³-hybridized carbons (Fsp3) is 0.429. The summed E-state index contributed by atoms with van der Waals surface area (Å²) in [7, 11) is 1.36. The predicted octanol–water partition coefficient (Wildman–Crippen LogP) is 0.162. The SMILES string of the molecule is COC(CN)C(=O)N[C@@H](CCc1ccccc1)C(=O)O. The van der Waals surface area contributed by atoms with Crippen molar-refractivity contribution in [3.8, 4) is 0 Å². The molecule has 0 spiro atoms. The molecule has 110 valence electrons. The summed E-state index contributed by atoms with van der Waals surface area (Å²) in [6, 6.07) is 8.55. The number of benzene rings is 1. The van der Waals surface area contributed by atoms with Crippen LogP contribution in [0.25, 0.3) is 0 Å². The van der Waals surface area contributed by atoms with Crippen LogP contribution in [0.15, 0.2) is 30.3 Å². The molecular weight excluding hydrogens is 260 g/mol. The van der Waals surface area contributed by atoms with Crippen LogP contribution >= 0.6 is 0 Å². The number of aliphatic carboxylic acids is 1. The summed E-state index contributed by atoms with van der Waals surface area (Å²) >= 11 is 0. The summed E-state index contributed by atoms with van der Waals surface area (Å²) in [6.45, 7) is 0.00730. The van der Waals surface area contributed by atoms with Crippen molar-refractivity contribution in [2.24, 2.45) is 5.73 Å². The molecule has 0 bridgehead atoms. The molecule has 0 aliphatic heterocycles. The van der Waals surface area contributed by atoms with Gasteiger partial charge in [0.25, 0.3) is 5.91 Å². The highest BCUT2D eigenvalue weighted by molar-refractivity contribution is 5.86. The molecule has 1 rings (SSSR count). The lowest BCUT2D eigenvalue weighted by molar-refractivity contribution is -0.143. The summed E-state index contributed by atoms with van der Waals surface area (Å²) in [5.74, 6) is -1.57. The van der Waals surface area contributed by atoms with Crippen molar-refractivity contribution in [1.29, 1.82) is 0 Å². The molecular formula is C14H20N2O4. The van der Waals surface area contributed by atoms with Gasteiger partial charge in [0.15, 0.2) is 0 Å². The van der Waals surface area contributed by atoms with Crippen LogP contribution in [0.1, 0.15) is 12.0 Å². The number of aryl methyl sites for hydroxylation is 1. The van der Waals surface area contributed by atoms with Crippen LogP contribution in [0.4, 0.5) is 0 Å². The van der Waals surface area contributed by atoms with Gasteiger partial charge >= 0.3 is 5.97 Å². The number of nitrogens with one attached hydrogen (secondary N) is 1. The van der Waals surface area contributed by atoms with Crippen LogP contribution in [-0.2, 0) is 20.7 Å². The van der Waals surface area contributed by atoms with E-state index >= 15 is 0 Å². The molecule has 6 nitrogen and oxygen atoms in total. The number of carboxylic acid groups (broad SMARTS) is 1. The maximum atomic E-state index is 11.8. The average Bonchev–Trinajstić information content (AvgIpc) is 2.45. The zero-order valence-electron chi connectivity index (χ0n) is 11.4. The molecule has 0 aliphatic carbocycles. The van der Waals surface area contributed by atoms with Crippen molar-refractivity contribution in [2.75, 3.05) is 13.7 Å². The van der Waals surface area contributed by atoms with Gasteiger partial charge in [0.2, 0.25) is 0 Å². The topological polar surface area (TPSA) is 102 Å². The normalized spacial score (nSPS) is 13.5. The maximum absolute atomic E-state index is 11.8. The van der Waals surface area contributed by atoms with Gasteiger partial charge in [0.1, 0.15) is 12.1 Å². The quantitative estimate of drug-likeness (QED) is 0.629. The van der Waals surface area contributed by atoms with E-state index in [0.29, 0.717) is 12.8 Å². The minimum Gasteiger partial charge on any atom is -0.480 e. The van der Waals surface area contributed by atoms with Crippen molar-refractivity contribution in [2.45, 2.75) is 25.0 Å². The third-order valence-electron chi connectivity index (χ3n) is 2.97. The summed E-state index contributed by atoms with van der Waals surface area (Å²) in [5, 5.41) is 11.6. The zero-order chi connectivity index (χ0) is 15.0. The Labute approximate surface area is 117 Å². The Morgan fingerprint density at radius 3 is 2.50 bits per heavy atom. The van der Waals surface area contributed by atoms with Gasteiger partial charge in [-0.25, -0.2) is 4.79 Å². The van der Waals surface area contributed by atoms with E-state index < -0.39 is 24.0 Å². The molecule has 20 heavy (non-hydrogen) atoms. The van der Waals surface area contributed by atoms with Crippen LogP contribution < -0.4 is 11.1 Å². The molecule has 0 saturated carbocycles. The monoisotopic (exact) mass is 280 g/mol. The Morgan fingerprint density at radius 1 is 1.35 bits per heavy atom. The summed E-state index contributed by atoms with van der Waals surface area (Å²) in [5.41, 5.74) is 6.39. The van der Waals surface area contributed by atoms with Crippen molar-refractivity contribution in [3.05, 3.63) is 35.9 Å². The lowest BCUT2D eigenvalue weighted by atomic mass is 10.1. The first-order chi connectivity index (χ1) is 9.58. The lowest BCUT2D eigenvalue weighted by Crippen LogP contribution is -2.48. The van der Waals surface area contributed by atoms with E-state index in [2.05, 4.69) is 5.32 Å². The molecule has 2 atom stereocenters. The Balaban J connectivity index is 2.57. The van der Waals surface area contributed by atoms with E-state index in [-0.39, 0.29) is 6.54 Å². The van der Waals surface area contributed by atoms with Crippen molar-refractivity contribution >= 4 is 11.9 Å². The summed E-state index contributed by atoms with van der Waals surface area (Å²) in [6.07, 6.45) is 0.0540. The minimum absolute atomic E-state index is 0.00730. The zero-order valence-corrected chi connectivity index (χ0v) is 11.4. The number of nitrogens with two attached hydrogens (primary N) is 1.